The average Bonchev–Trinajstić information content (AvgIpc) is 2.75. The molecule has 0 saturated heterocycles. The fourth-order valence-electron chi connectivity index (χ4n) is 2.51. The van der Waals surface area contributed by atoms with Gasteiger partial charge in [-0.15, -0.1) is 4.91 Å². The Labute approximate surface area is 152 Å². The van der Waals surface area contributed by atoms with Gasteiger partial charge < -0.3 is 5.11 Å². The van der Waals surface area contributed by atoms with Gasteiger partial charge in [-0.2, -0.15) is 0 Å². The predicted molar refractivity (Wildman–Crippen MR) is 97.7 cm³/mol. The zero-order chi connectivity index (χ0) is 18.0. The van der Waals surface area contributed by atoms with Crippen LogP contribution in [0.2, 0.25) is 10.0 Å². The van der Waals surface area contributed by atoms with Crippen LogP contribution in [0.4, 0.5) is 5.69 Å². The van der Waals surface area contributed by atoms with E-state index in [-0.39, 0.29) is 12.3 Å². The molecule has 2 aromatic carbocycles. The molecule has 25 heavy (non-hydrogen) atoms. The van der Waals surface area contributed by atoms with Crippen molar-refractivity contribution in [1.29, 1.82) is 0 Å². The van der Waals surface area contributed by atoms with E-state index in [1.807, 2.05) is 6.07 Å². The molecule has 2 aromatic rings. The Bertz CT molecular complexity index is 925. The molecular weight excluding hydrogens is 365 g/mol. The molecule has 1 atom stereocenters. The first-order valence-electron chi connectivity index (χ1n) is 7.23. The van der Waals surface area contributed by atoms with Crippen LogP contribution in [-0.2, 0) is 4.79 Å². The van der Waals surface area contributed by atoms with Gasteiger partial charge in [-0.1, -0.05) is 41.4 Å². The number of nitroso groups, excluding NO2 is 1. The second-order valence-corrected chi connectivity index (χ2v) is 6.10. The van der Waals surface area contributed by atoms with E-state index in [0.29, 0.717) is 32.6 Å². The second kappa shape index (κ2) is 7.13. The highest BCUT2D eigenvalue weighted by Crippen LogP contribution is 2.31. The molecule has 0 fully saturated rings. The number of rotatable bonds is 4. The largest absolute Gasteiger partial charge is 0.479 e. The molecule has 0 radical (unpaired) electrons. The van der Waals surface area contributed by atoms with Crippen molar-refractivity contribution in [2.75, 3.05) is 6.54 Å². The number of nitrogens with zero attached hydrogens (tertiary/aromatic N) is 3. The van der Waals surface area contributed by atoms with E-state index in [1.165, 1.54) is 0 Å². The lowest BCUT2D eigenvalue weighted by atomic mass is 10.0. The summed E-state index contributed by atoms with van der Waals surface area (Å²) in [5.74, 6) is -1.37. The third kappa shape index (κ3) is 3.45. The van der Waals surface area contributed by atoms with Gasteiger partial charge in [0.25, 0.3) is 0 Å². The fraction of sp³-hybridized carbons (Fsp3) is 0.118. The van der Waals surface area contributed by atoms with Crippen LogP contribution in [0, 0.1) is 4.91 Å². The zero-order valence-corrected chi connectivity index (χ0v) is 14.2. The summed E-state index contributed by atoms with van der Waals surface area (Å²) >= 11 is 12.4. The minimum Gasteiger partial charge on any atom is -0.479 e. The highest BCUT2D eigenvalue weighted by Gasteiger charge is 2.28. The lowest BCUT2D eigenvalue weighted by Crippen LogP contribution is -2.29. The van der Waals surface area contributed by atoms with Gasteiger partial charge in [-0.05, 0) is 29.4 Å². The first kappa shape index (κ1) is 17.3. The number of benzene rings is 2. The molecule has 0 spiro atoms. The van der Waals surface area contributed by atoms with E-state index >= 15 is 0 Å². The Balaban J connectivity index is 2.20. The van der Waals surface area contributed by atoms with Gasteiger partial charge in [0.05, 0.1) is 23.7 Å². The van der Waals surface area contributed by atoms with Crippen LogP contribution >= 0.6 is 23.2 Å². The van der Waals surface area contributed by atoms with Gasteiger partial charge in [0.15, 0.2) is 0 Å². The molecule has 1 N–H and O–H groups in total. The Morgan fingerprint density at radius 1 is 1.16 bits per heavy atom. The Kier molecular flexibility index (Phi) is 4.92. The standard InChI is InChI=1S/C17H11Cl2N3O3/c18-9-5-6-13-11(7-9)15(10-3-1-2-4-12(10)19)20-8-14(21-13)16(22-25)17(23)24/h1-7,16H,8H2,(H,23,24). The minimum atomic E-state index is -1.60. The Morgan fingerprint density at radius 3 is 2.60 bits per heavy atom. The normalized spacial score (nSPS) is 14.6. The number of fused-ring (bicyclic) bond motifs is 1. The van der Waals surface area contributed by atoms with Gasteiger partial charge >= 0.3 is 5.97 Å². The first-order chi connectivity index (χ1) is 12.0. The van der Waals surface area contributed by atoms with Crippen molar-refractivity contribution in [1.82, 2.24) is 0 Å². The van der Waals surface area contributed by atoms with Crippen molar-refractivity contribution in [3.63, 3.8) is 0 Å². The smallest absolute Gasteiger partial charge is 0.338 e. The lowest BCUT2D eigenvalue weighted by molar-refractivity contribution is -0.136. The van der Waals surface area contributed by atoms with E-state index in [9.17, 15) is 14.8 Å². The molecule has 8 heteroatoms. The molecule has 6 nitrogen and oxygen atoms in total. The number of carboxylic acid groups (broad SMARTS) is 1. The van der Waals surface area contributed by atoms with Crippen LogP contribution in [0.25, 0.3) is 0 Å². The van der Waals surface area contributed by atoms with Gasteiger partial charge in [0, 0.05) is 21.2 Å². The summed E-state index contributed by atoms with van der Waals surface area (Å²) in [4.78, 5) is 30.9. The molecule has 0 amide bonds. The van der Waals surface area contributed by atoms with Crippen LogP contribution in [0.1, 0.15) is 11.1 Å². The number of carbonyl (C=O) groups is 1. The van der Waals surface area contributed by atoms with Crippen molar-refractivity contribution in [2.45, 2.75) is 6.04 Å². The quantitative estimate of drug-likeness (QED) is 0.813. The molecule has 1 heterocycles. The maximum absolute atomic E-state index is 11.2. The minimum absolute atomic E-state index is 0.0492. The number of carboxylic acids is 1. The van der Waals surface area contributed by atoms with Crippen molar-refractivity contribution in [3.8, 4) is 0 Å². The van der Waals surface area contributed by atoms with E-state index in [4.69, 9.17) is 23.2 Å². The van der Waals surface area contributed by atoms with Gasteiger partial charge in [0.2, 0.25) is 6.04 Å². The summed E-state index contributed by atoms with van der Waals surface area (Å²) in [5.41, 5.74) is 2.29. The highest BCUT2D eigenvalue weighted by molar-refractivity contribution is 6.36. The van der Waals surface area contributed by atoms with Crippen molar-refractivity contribution >= 4 is 46.3 Å². The monoisotopic (exact) mass is 375 g/mol. The first-order valence-corrected chi connectivity index (χ1v) is 7.99. The maximum Gasteiger partial charge on any atom is 0.338 e. The summed E-state index contributed by atoms with van der Waals surface area (Å²) in [6.45, 7) is -0.0877. The molecule has 1 aliphatic rings. The van der Waals surface area contributed by atoms with Gasteiger partial charge in [-0.25, -0.2) is 4.79 Å². The van der Waals surface area contributed by atoms with E-state index in [0.717, 1.165) is 0 Å². The van der Waals surface area contributed by atoms with Crippen molar-refractivity contribution < 1.29 is 9.90 Å². The third-order valence-electron chi connectivity index (χ3n) is 3.66. The van der Waals surface area contributed by atoms with Crippen LogP contribution < -0.4 is 0 Å². The van der Waals surface area contributed by atoms with Crippen LogP contribution in [0.3, 0.4) is 0 Å². The molecule has 1 aliphatic heterocycles. The summed E-state index contributed by atoms with van der Waals surface area (Å²) < 4.78 is 0. The molecule has 1 unspecified atom stereocenters. The molecule has 0 aromatic heterocycles. The topological polar surface area (TPSA) is 91.5 Å². The predicted octanol–water partition coefficient (Wildman–Crippen LogP) is 4.14. The summed E-state index contributed by atoms with van der Waals surface area (Å²) in [5, 5.41) is 12.8. The zero-order valence-electron chi connectivity index (χ0n) is 12.7. The number of hydrogen-bond donors (Lipinski definition) is 1. The molecule has 0 aliphatic carbocycles. The van der Waals surface area contributed by atoms with Crippen LogP contribution in [0.15, 0.2) is 57.6 Å². The van der Waals surface area contributed by atoms with E-state index in [2.05, 4.69) is 15.2 Å². The molecule has 3 rings (SSSR count). The van der Waals surface area contributed by atoms with Crippen LogP contribution in [-0.4, -0.2) is 35.1 Å². The number of aliphatic carboxylic acids is 1. The lowest BCUT2D eigenvalue weighted by Gasteiger charge is -2.10. The van der Waals surface area contributed by atoms with Crippen molar-refractivity contribution in [3.05, 3.63) is 68.5 Å². The SMILES string of the molecule is O=NC(C(=O)O)C1=Nc2ccc(Cl)cc2C(c2ccccc2Cl)=NC1. The van der Waals surface area contributed by atoms with Gasteiger partial charge in [0.1, 0.15) is 0 Å². The maximum atomic E-state index is 11.2. The Hall–Kier alpha value is -2.57. The van der Waals surface area contributed by atoms with Crippen LogP contribution in [0.5, 0.6) is 0 Å². The van der Waals surface area contributed by atoms with E-state index in [1.54, 1.807) is 36.4 Å². The fourth-order valence-corrected chi connectivity index (χ4v) is 2.91. The van der Waals surface area contributed by atoms with Gasteiger partial charge in [-0.3, -0.25) is 9.98 Å². The number of aliphatic imine (C=N–C) groups is 2. The summed E-state index contributed by atoms with van der Waals surface area (Å²) in [6, 6.07) is 10.5. The third-order valence-corrected chi connectivity index (χ3v) is 4.23. The summed E-state index contributed by atoms with van der Waals surface area (Å²) in [6.07, 6.45) is 0. The highest BCUT2D eigenvalue weighted by atomic mass is 35.5. The molecular formula is C17H11Cl2N3O3. The molecule has 0 saturated carbocycles. The number of halogens is 2. The summed E-state index contributed by atoms with van der Waals surface area (Å²) in [7, 11) is 0. The molecule has 0 bridgehead atoms. The van der Waals surface area contributed by atoms with Crippen molar-refractivity contribution in [2.24, 2.45) is 15.2 Å². The van der Waals surface area contributed by atoms with E-state index < -0.39 is 12.0 Å². The molecule has 126 valence electrons. The number of hydrogen-bond acceptors (Lipinski definition) is 5. The Morgan fingerprint density at radius 2 is 1.92 bits per heavy atom. The average molecular weight is 376 g/mol. The second-order valence-electron chi connectivity index (χ2n) is 5.26.